The molecule has 0 fully saturated rings. The van der Waals surface area contributed by atoms with Crippen LogP contribution in [0.1, 0.15) is 26.2 Å². The van der Waals surface area contributed by atoms with Gasteiger partial charge in [0, 0.05) is 34.4 Å². The molecule has 1 unspecified atom stereocenters. The number of nitrogens with zero attached hydrogens (tertiary/aromatic N) is 2. The second-order valence-corrected chi connectivity index (χ2v) is 4.79. The van der Waals surface area contributed by atoms with Crippen LogP contribution in [0.5, 0.6) is 0 Å². The average Bonchev–Trinajstić information content (AvgIpc) is 2.37. The normalized spacial score (nSPS) is 12.1. The van der Waals surface area contributed by atoms with Crippen molar-refractivity contribution < 1.29 is 14.3 Å². The predicted octanol–water partition coefficient (Wildman–Crippen LogP) is 0.0671. The van der Waals surface area contributed by atoms with Crippen LogP contribution in [0.2, 0.25) is 0 Å². The summed E-state index contributed by atoms with van der Waals surface area (Å²) in [5, 5.41) is 0. The van der Waals surface area contributed by atoms with Crippen LogP contribution in [-0.2, 0) is 14.3 Å². The first kappa shape index (κ1) is 17.9. The fourth-order valence-corrected chi connectivity index (χ4v) is 1.65. The van der Waals surface area contributed by atoms with E-state index in [0.29, 0.717) is 19.6 Å². The van der Waals surface area contributed by atoms with E-state index < -0.39 is 6.04 Å². The Morgan fingerprint density at radius 2 is 1.95 bits per heavy atom. The van der Waals surface area contributed by atoms with E-state index in [2.05, 4.69) is 0 Å². The van der Waals surface area contributed by atoms with E-state index in [1.165, 1.54) is 4.90 Å². The summed E-state index contributed by atoms with van der Waals surface area (Å²) in [4.78, 5) is 26.9. The Hall–Kier alpha value is -1.14. The monoisotopic (exact) mass is 273 g/mol. The quantitative estimate of drug-likeness (QED) is 0.603. The second kappa shape index (κ2) is 9.75. The largest absolute Gasteiger partial charge is 0.385 e. The second-order valence-electron chi connectivity index (χ2n) is 4.79. The van der Waals surface area contributed by atoms with Gasteiger partial charge in [-0.1, -0.05) is 6.92 Å². The van der Waals surface area contributed by atoms with Crippen molar-refractivity contribution in [2.75, 3.05) is 40.9 Å². The third kappa shape index (κ3) is 7.12. The molecule has 0 aliphatic carbocycles. The van der Waals surface area contributed by atoms with Gasteiger partial charge in [-0.05, 0) is 19.3 Å². The highest BCUT2D eigenvalue weighted by molar-refractivity contribution is 5.87. The molecule has 0 aliphatic heterocycles. The molecule has 0 aromatic rings. The molecule has 6 nitrogen and oxygen atoms in total. The van der Waals surface area contributed by atoms with Crippen LogP contribution < -0.4 is 5.73 Å². The van der Waals surface area contributed by atoms with Crippen molar-refractivity contribution in [2.45, 2.75) is 32.2 Å². The Balaban J connectivity index is 4.42. The van der Waals surface area contributed by atoms with E-state index in [0.717, 1.165) is 12.8 Å². The van der Waals surface area contributed by atoms with E-state index in [-0.39, 0.29) is 18.4 Å². The minimum Gasteiger partial charge on any atom is -0.385 e. The maximum Gasteiger partial charge on any atom is 0.241 e. The average molecular weight is 273 g/mol. The third-order valence-electron chi connectivity index (χ3n) is 2.81. The fourth-order valence-electron chi connectivity index (χ4n) is 1.65. The molecule has 112 valence electrons. The highest BCUT2D eigenvalue weighted by Crippen LogP contribution is 2.03. The fraction of sp³-hybridized carbons (Fsp3) is 0.846. The summed E-state index contributed by atoms with van der Waals surface area (Å²) in [7, 11) is 4.97. The van der Waals surface area contributed by atoms with E-state index >= 15 is 0 Å². The Morgan fingerprint density at radius 3 is 2.42 bits per heavy atom. The smallest absolute Gasteiger partial charge is 0.241 e. The number of ether oxygens (including phenoxy) is 1. The molecule has 0 radical (unpaired) electrons. The lowest BCUT2D eigenvalue weighted by atomic mass is 10.1. The van der Waals surface area contributed by atoms with Crippen molar-refractivity contribution in [1.29, 1.82) is 0 Å². The Morgan fingerprint density at radius 1 is 1.32 bits per heavy atom. The van der Waals surface area contributed by atoms with Crippen LogP contribution in [0.25, 0.3) is 0 Å². The molecule has 0 bridgehead atoms. The molecule has 0 spiro atoms. The number of methoxy groups -OCH3 is 1. The maximum atomic E-state index is 12.2. The Kier molecular flexibility index (Phi) is 9.16. The molecular formula is C13H27N3O3. The molecule has 0 heterocycles. The molecule has 0 rings (SSSR count). The first-order valence-corrected chi connectivity index (χ1v) is 6.67. The van der Waals surface area contributed by atoms with Crippen LogP contribution in [0.3, 0.4) is 0 Å². The number of carbonyl (C=O) groups is 2. The van der Waals surface area contributed by atoms with Gasteiger partial charge in [0.2, 0.25) is 11.8 Å². The van der Waals surface area contributed by atoms with Gasteiger partial charge in [0.15, 0.2) is 0 Å². The van der Waals surface area contributed by atoms with Crippen molar-refractivity contribution in [2.24, 2.45) is 5.73 Å². The molecular weight excluding hydrogens is 246 g/mol. The van der Waals surface area contributed by atoms with Crippen LogP contribution in [0.15, 0.2) is 0 Å². The molecule has 6 heteroatoms. The highest BCUT2D eigenvalue weighted by atomic mass is 16.5. The maximum absolute atomic E-state index is 12.2. The highest BCUT2D eigenvalue weighted by Gasteiger charge is 2.22. The van der Waals surface area contributed by atoms with Gasteiger partial charge in [-0.15, -0.1) is 0 Å². The molecule has 19 heavy (non-hydrogen) atoms. The minimum absolute atomic E-state index is 0.0918. The first-order valence-electron chi connectivity index (χ1n) is 6.67. The van der Waals surface area contributed by atoms with Crippen molar-refractivity contribution >= 4 is 11.8 Å². The SMILES string of the molecule is CCCN(CC(=O)N(C)C)C(=O)C(N)CCCOC. The lowest BCUT2D eigenvalue weighted by molar-refractivity contribution is -0.140. The van der Waals surface area contributed by atoms with E-state index in [9.17, 15) is 9.59 Å². The van der Waals surface area contributed by atoms with E-state index in [1.54, 1.807) is 26.1 Å². The van der Waals surface area contributed by atoms with Crippen LogP contribution >= 0.6 is 0 Å². The standard InChI is InChI=1S/C13H27N3O3/c1-5-8-16(10-12(17)15(2)3)13(18)11(14)7-6-9-19-4/h11H,5-10,14H2,1-4H3. The Bertz CT molecular complexity index is 282. The molecule has 1 atom stereocenters. The van der Waals surface area contributed by atoms with Crippen molar-refractivity contribution in [1.82, 2.24) is 9.80 Å². The molecule has 0 aromatic carbocycles. The Labute approximate surface area is 115 Å². The van der Waals surface area contributed by atoms with Crippen LogP contribution in [0, 0.1) is 0 Å². The number of carbonyl (C=O) groups excluding carboxylic acids is 2. The summed E-state index contributed by atoms with van der Waals surface area (Å²) >= 11 is 0. The number of hydrogen-bond acceptors (Lipinski definition) is 4. The molecule has 0 saturated carbocycles. The van der Waals surface area contributed by atoms with Gasteiger partial charge in [-0.25, -0.2) is 0 Å². The third-order valence-corrected chi connectivity index (χ3v) is 2.81. The summed E-state index contributed by atoms with van der Waals surface area (Å²) < 4.78 is 4.93. The summed E-state index contributed by atoms with van der Waals surface area (Å²) in [6, 6.07) is -0.559. The van der Waals surface area contributed by atoms with E-state index in [4.69, 9.17) is 10.5 Å². The predicted molar refractivity (Wildman–Crippen MR) is 74.7 cm³/mol. The zero-order chi connectivity index (χ0) is 14.8. The summed E-state index contributed by atoms with van der Waals surface area (Å²) in [5.41, 5.74) is 5.87. The van der Waals surface area contributed by atoms with Gasteiger partial charge < -0.3 is 20.3 Å². The summed E-state index contributed by atoms with van der Waals surface area (Å²) in [5.74, 6) is -0.251. The van der Waals surface area contributed by atoms with Gasteiger partial charge >= 0.3 is 0 Å². The number of nitrogens with two attached hydrogens (primary N) is 1. The van der Waals surface area contributed by atoms with Crippen LogP contribution in [-0.4, -0.2) is 68.6 Å². The molecule has 2 N–H and O–H groups in total. The van der Waals surface area contributed by atoms with Gasteiger partial charge in [0.25, 0.3) is 0 Å². The van der Waals surface area contributed by atoms with Crippen LogP contribution in [0.4, 0.5) is 0 Å². The van der Waals surface area contributed by atoms with E-state index in [1.807, 2.05) is 6.92 Å². The number of likely N-dealkylation sites (N-methyl/N-ethyl adjacent to an activating group) is 1. The van der Waals surface area contributed by atoms with Gasteiger partial charge in [-0.2, -0.15) is 0 Å². The topological polar surface area (TPSA) is 75.9 Å². The molecule has 0 saturated heterocycles. The van der Waals surface area contributed by atoms with Crippen molar-refractivity contribution in [3.8, 4) is 0 Å². The summed E-state index contributed by atoms with van der Waals surface area (Å²) in [6.07, 6.45) is 2.12. The van der Waals surface area contributed by atoms with Gasteiger partial charge in [-0.3, -0.25) is 9.59 Å². The number of hydrogen-bond donors (Lipinski definition) is 1. The number of rotatable bonds is 9. The minimum atomic E-state index is -0.559. The zero-order valence-corrected chi connectivity index (χ0v) is 12.5. The molecule has 2 amide bonds. The lowest BCUT2D eigenvalue weighted by Gasteiger charge is -2.26. The lowest BCUT2D eigenvalue weighted by Crippen LogP contribution is -2.48. The summed E-state index contributed by atoms with van der Waals surface area (Å²) in [6.45, 7) is 3.20. The molecule has 0 aliphatic rings. The number of amides is 2. The van der Waals surface area contributed by atoms with Gasteiger partial charge in [0.1, 0.15) is 0 Å². The zero-order valence-electron chi connectivity index (χ0n) is 12.5. The molecule has 0 aromatic heterocycles. The van der Waals surface area contributed by atoms with Crippen molar-refractivity contribution in [3.05, 3.63) is 0 Å². The van der Waals surface area contributed by atoms with Crippen molar-refractivity contribution in [3.63, 3.8) is 0 Å². The van der Waals surface area contributed by atoms with Gasteiger partial charge in [0.05, 0.1) is 12.6 Å². The first-order chi connectivity index (χ1) is 8.93.